The van der Waals surface area contributed by atoms with Crippen molar-refractivity contribution < 1.29 is 19.4 Å². The molecule has 1 amide bonds. The van der Waals surface area contributed by atoms with Gasteiger partial charge in [-0.25, -0.2) is 4.79 Å². The fourth-order valence-electron chi connectivity index (χ4n) is 2.29. The molecule has 1 unspecified atom stereocenters. The fourth-order valence-corrected chi connectivity index (χ4v) is 2.50. The number of rotatable bonds is 7. The number of halogens is 1. The standard InChI is InChI=1S/C15H18ClNO4/c1-21-9-12(13(18)19)17-14(20)15(6-7-15)8-10-4-2-3-5-11(10)16/h2-5,12H,6-9H2,1H3,(H,17,20)(H,18,19). The summed E-state index contributed by atoms with van der Waals surface area (Å²) in [5.74, 6) is -1.34. The van der Waals surface area contributed by atoms with E-state index in [1.807, 2.05) is 18.2 Å². The van der Waals surface area contributed by atoms with E-state index in [9.17, 15) is 9.59 Å². The Morgan fingerprint density at radius 1 is 1.43 bits per heavy atom. The number of ether oxygens (including phenoxy) is 1. The number of amides is 1. The summed E-state index contributed by atoms with van der Waals surface area (Å²) in [6.07, 6.45) is 2.00. The fraction of sp³-hybridized carbons (Fsp3) is 0.467. The van der Waals surface area contributed by atoms with Gasteiger partial charge in [-0.05, 0) is 30.9 Å². The molecule has 0 bridgehead atoms. The third kappa shape index (κ3) is 3.74. The maximum atomic E-state index is 12.4. The second kappa shape index (κ2) is 6.45. The molecule has 1 atom stereocenters. The summed E-state index contributed by atoms with van der Waals surface area (Å²) in [7, 11) is 1.40. The van der Waals surface area contributed by atoms with E-state index >= 15 is 0 Å². The number of hydrogen-bond donors (Lipinski definition) is 2. The molecule has 0 saturated heterocycles. The zero-order chi connectivity index (χ0) is 15.5. The molecule has 114 valence electrons. The van der Waals surface area contributed by atoms with E-state index in [1.54, 1.807) is 6.07 Å². The van der Waals surface area contributed by atoms with Crippen LogP contribution in [0.1, 0.15) is 18.4 Å². The highest BCUT2D eigenvalue weighted by atomic mass is 35.5. The van der Waals surface area contributed by atoms with Gasteiger partial charge in [-0.15, -0.1) is 0 Å². The quantitative estimate of drug-likeness (QED) is 0.806. The summed E-state index contributed by atoms with van der Waals surface area (Å²) in [6, 6.07) is 6.37. The molecule has 0 radical (unpaired) electrons. The average Bonchev–Trinajstić information content (AvgIpc) is 3.22. The van der Waals surface area contributed by atoms with Crippen LogP contribution < -0.4 is 5.32 Å². The molecule has 2 N–H and O–H groups in total. The van der Waals surface area contributed by atoms with Gasteiger partial charge in [0.05, 0.1) is 12.0 Å². The van der Waals surface area contributed by atoms with Crippen LogP contribution in [0, 0.1) is 5.41 Å². The van der Waals surface area contributed by atoms with Crippen LogP contribution in [0.4, 0.5) is 0 Å². The van der Waals surface area contributed by atoms with Gasteiger partial charge in [0, 0.05) is 12.1 Å². The first-order valence-electron chi connectivity index (χ1n) is 6.74. The normalized spacial score (nSPS) is 17.0. The van der Waals surface area contributed by atoms with E-state index < -0.39 is 17.4 Å². The van der Waals surface area contributed by atoms with Gasteiger partial charge in [-0.3, -0.25) is 4.79 Å². The van der Waals surface area contributed by atoms with E-state index in [4.69, 9.17) is 21.4 Å². The Balaban J connectivity index is 2.04. The van der Waals surface area contributed by atoms with E-state index in [-0.39, 0.29) is 12.5 Å². The molecule has 1 aliphatic carbocycles. The molecule has 21 heavy (non-hydrogen) atoms. The Morgan fingerprint density at radius 3 is 2.62 bits per heavy atom. The van der Waals surface area contributed by atoms with Gasteiger partial charge in [-0.1, -0.05) is 29.8 Å². The minimum Gasteiger partial charge on any atom is -0.480 e. The van der Waals surface area contributed by atoms with Crippen LogP contribution in [0.25, 0.3) is 0 Å². The van der Waals surface area contributed by atoms with Crippen LogP contribution in [-0.2, 0) is 20.7 Å². The summed E-state index contributed by atoms with van der Waals surface area (Å²) in [5.41, 5.74) is 0.373. The van der Waals surface area contributed by atoms with Crippen molar-refractivity contribution in [1.29, 1.82) is 0 Å². The number of carbonyl (C=O) groups is 2. The zero-order valence-electron chi connectivity index (χ0n) is 11.8. The predicted molar refractivity (Wildman–Crippen MR) is 78.3 cm³/mol. The van der Waals surface area contributed by atoms with E-state index in [2.05, 4.69) is 5.32 Å². The number of benzene rings is 1. The zero-order valence-corrected chi connectivity index (χ0v) is 12.5. The Kier molecular flexibility index (Phi) is 4.85. The van der Waals surface area contributed by atoms with E-state index in [0.717, 1.165) is 18.4 Å². The lowest BCUT2D eigenvalue weighted by Crippen LogP contribution is -2.47. The minimum atomic E-state index is -1.10. The van der Waals surface area contributed by atoms with Crippen LogP contribution in [0.2, 0.25) is 5.02 Å². The average molecular weight is 312 g/mol. The van der Waals surface area contributed by atoms with Gasteiger partial charge in [0.2, 0.25) is 5.91 Å². The van der Waals surface area contributed by atoms with Crippen molar-refractivity contribution in [3.05, 3.63) is 34.9 Å². The smallest absolute Gasteiger partial charge is 0.328 e. The summed E-state index contributed by atoms with van der Waals surface area (Å²) in [5, 5.41) is 12.2. The number of carbonyl (C=O) groups excluding carboxylic acids is 1. The number of carboxylic acids is 1. The maximum absolute atomic E-state index is 12.4. The molecular weight excluding hydrogens is 294 g/mol. The molecule has 0 spiro atoms. The topological polar surface area (TPSA) is 75.6 Å². The van der Waals surface area contributed by atoms with Crippen molar-refractivity contribution in [1.82, 2.24) is 5.32 Å². The first kappa shape index (κ1) is 15.8. The van der Waals surface area contributed by atoms with Crippen LogP contribution in [0.3, 0.4) is 0 Å². The number of nitrogens with one attached hydrogen (secondary N) is 1. The lowest BCUT2D eigenvalue weighted by Gasteiger charge is -2.19. The van der Waals surface area contributed by atoms with Crippen molar-refractivity contribution in [2.45, 2.75) is 25.3 Å². The first-order valence-corrected chi connectivity index (χ1v) is 7.12. The molecular formula is C15H18ClNO4. The summed E-state index contributed by atoms with van der Waals surface area (Å²) in [4.78, 5) is 23.4. The summed E-state index contributed by atoms with van der Waals surface area (Å²) >= 11 is 6.12. The van der Waals surface area contributed by atoms with Crippen LogP contribution in [0.5, 0.6) is 0 Å². The van der Waals surface area contributed by atoms with Gasteiger partial charge in [-0.2, -0.15) is 0 Å². The van der Waals surface area contributed by atoms with Crippen molar-refractivity contribution >= 4 is 23.5 Å². The molecule has 0 aliphatic heterocycles. The number of carboxylic acid groups (broad SMARTS) is 1. The highest BCUT2D eigenvalue weighted by molar-refractivity contribution is 6.31. The van der Waals surface area contributed by atoms with Crippen molar-refractivity contribution in [2.24, 2.45) is 5.41 Å². The molecule has 0 heterocycles. The van der Waals surface area contributed by atoms with Crippen LogP contribution >= 0.6 is 11.6 Å². The molecule has 5 nitrogen and oxygen atoms in total. The van der Waals surface area contributed by atoms with Gasteiger partial charge in [0.15, 0.2) is 6.04 Å². The van der Waals surface area contributed by atoms with E-state index in [0.29, 0.717) is 11.4 Å². The Hall–Kier alpha value is -1.59. The Bertz CT molecular complexity index is 542. The number of hydrogen-bond acceptors (Lipinski definition) is 3. The number of methoxy groups -OCH3 is 1. The van der Waals surface area contributed by atoms with E-state index in [1.165, 1.54) is 7.11 Å². The first-order chi connectivity index (χ1) is 9.98. The van der Waals surface area contributed by atoms with Crippen molar-refractivity contribution in [3.63, 3.8) is 0 Å². The molecule has 1 aliphatic rings. The second-order valence-corrected chi connectivity index (χ2v) is 5.78. The third-order valence-corrected chi connectivity index (χ3v) is 4.13. The lowest BCUT2D eigenvalue weighted by molar-refractivity contribution is -0.144. The lowest BCUT2D eigenvalue weighted by atomic mass is 9.95. The van der Waals surface area contributed by atoms with Crippen LogP contribution in [0.15, 0.2) is 24.3 Å². The molecule has 1 fully saturated rings. The molecule has 1 aromatic rings. The Morgan fingerprint density at radius 2 is 2.10 bits per heavy atom. The van der Waals surface area contributed by atoms with Gasteiger partial charge in [0.25, 0.3) is 0 Å². The molecule has 0 aromatic heterocycles. The maximum Gasteiger partial charge on any atom is 0.328 e. The van der Waals surface area contributed by atoms with Crippen molar-refractivity contribution in [2.75, 3.05) is 13.7 Å². The molecule has 1 saturated carbocycles. The highest BCUT2D eigenvalue weighted by Crippen LogP contribution is 2.49. The summed E-state index contributed by atoms with van der Waals surface area (Å²) in [6.45, 7) is -0.0523. The monoisotopic (exact) mass is 311 g/mol. The van der Waals surface area contributed by atoms with Gasteiger partial charge < -0.3 is 15.2 Å². The van der Waals surface area contributed by atoms with Gasteiger partial charge in [0.1, 0.15) is 0 Å². The second-order valence-electron chi connectivity index (χ2n) is 5.37. The SMILES string of the molecule is COCC(NC(=O)C1(Cc2ccccc2Cl)CC1)C(=O)O. The van der Waals surface area contributed by atoms with Crippen molar-refractivity contribution in [3.8, 4) is 0 Å². The number of aliphatic carboxylic acids is 1. The molecule has 6 heteroatoms. The molecule has 1 aromatic carbocycles. The summed E-state index contributed by atoms with van der Waals surface area (Å²) < 4.78 is 4.82. The minimum absolute atomic E-state index is 0.0523. The highest BCUT2D eigenvalue weighted by Gasteiger charge is 2.50. The van der Waals surface area contributed by atoms with Gasteiger partial charge >= 0.3 is 5.97 Å². The van der Waals surface area contributed by atoms with Crippen LogP contribution in [-0.4, -0.2) is 36.7 Å². The molecule has 2 rings (SSSR count). The Labute approximate surface area is 128 Å². The largest absolute Gasteiger partial charge is 0.480 e. The third-order valence-electron chi connectivity index (χ3n) is 3.76. The predicted octanol–water partition coefficient (Wildman–Crippen LogP) is 1.88.